The third kappa shape index (κ3) is 4.36. The lowest BCUT2D eigenvalue weighted by Gasteiger charge is -2.15. The zero-order valence-electron chi connectivity index (χ0n) is 11.1. The van der Waals surface area contributed by atoms with Crippen molar-refractivity contribution < 1.29 is 14.3 Å². The van der Waals surface area contributed by atoms with Crippen LogP contribution in [0.25, 0.3) is 0 Å². The van der Waals surface area contributed by atoms with Gasteiger partial charge < -0.3 is 9.47 Å². The van der Waals surface area contributed by atoms with Crippen LogP contribution in [0.4, 0.5) is 0 Å². The van der Waals surface area contributed by atoms with Crippen LogP contribution < -0.4 is 0 Å². The number of hydrogen-bond acceptors (Lipinski definition) is 4. The van der Waals surface area contributed by atoms with E-state index in [1.807, 2.05) is 0 Å². The molecule has 4 nitrogen and oxygen atoms in total. The summed E-state index contributed by atoms with van der Waals surface area (Å²) in [4.78, 5) is 16.0. The lowest BCUT2D eigenvalue weighted by atomic mass is 10.0. The van der Waals surface area contributed by atoms with Gasteiger partial charge in [-0.15, -0.1) is 0 Å². The van der Waals surface area contributed by atoms with Gasteiger partial charge in [0.2, 0.25) is 6.10 Å². The summed E-state index contributed by atoms with van der Waals surface area (Å²) in [5.41, 5.74) is 0. The van der Waals surface area contributed by atoms with Crippen molar-refractivity contribution in [1.82, 2.24) is 0 Å². The number of carbonyl (C=O) groups excluding carboxylic acids is 1. The van der Waals surface area contributed by atoms with Crippen molar-refractivity contribution in [3.63, 3.8) is 0 Å². The summed E-state index contributed by atoms with van der Waals surface area (Å²) in [6, 6.07) is -0.0501. The highest BCUT2D eigenvalue weighted by molar-refractivity contribution is 5.84. The van der Waals surface area contributed by atoms with E-state index in [4.69, 9.17) is 9.47 Å². The minimum absolute atomic E-state index is 0.0501. The highest BCUT2D eigenvalue weighted by atomic mass is 16.6. The molecule has 1 aliphatic rings. The third-order valence-electron chi connectivity index (χ3n) is 2.87. The first kappa shape index (κ1) is 14.0. The van der Waals surface area contributed by atoms with Gasteiger partial charge in [0.15, 0.2) is 5.90 Å². The molecule has 0 unspecified atom stereocenters. The van der Waals surface area contributed by atoms with Gasteiger partial charge in [-0.1, -0.05) is 32.6 Å². The maximum absolute atomic E-state index is 11.7. The smallest absolute Gasteiger partial charge is 0.349 e. The van der Waals surface area contributed by atoms with Crippen LogP contribution in [0.3, 0.4) is 0 Å². The molecule has 0 aromatic carbocycles. The Morgan fingerprint density at radius 2 is 2.12 bits per heavy atom. The van der Waals surface area contributed by atoms with Crippen LogP contribution in [0, 0.1) is 0 Å². The maximum Gasteiger partial charge on any atom is 0.349 e. The molecule has 1 rings (SSSR count). The fourth-order valence-corrected chi connectivity index (χ4v) is 2.02. The molecular formula is C13H23NO3. The number of esters is 1. The van der Waals surface area contributed by atoms with Gasteiger partial charge in [0, 0.05) is 6.92 Å². The van der Waals surface area contributed by atoms with Crippen molar-refractivity contribution >= 4 is 11.9 Å². The van der Waals surface area contributed by atoms with Crippen molar-refractivity contribution in [2.24, 2.45) is 4.99 Å². The number of nitrogens with zero attached hydrogens (tertiary/aromatic N) is 1. The van der Waals surface area contributed by atoms with E-state index in [1.165, 1.54) is 19.3 Å². The number of rotatable bonds is 7. The Morgan fingerprint density at radius 1 is 1.35 bits per heavy atom. The molecule has 0 aromatic rings. The Balaban J connectivity index is 2.40. The van der Waals surface area contributed by atoms with E-state index in [1.54, 1.807) is 13.8 Å². The molecule has 0 fully saturated rings. The molecule has 0 amide bonds. The van der Waals surface area contributed by atoms with Crippen molar-refractivity contribution in [3.8, 4) is 0 Å². The fourth-order valence-electron chi connectivity index (χ4n) is 2.02. The molecule has 2 atom stereocenters. The number of hydrogen-bond donors (Lipinski definition) is 0. The molecule has 98 valence electrons. The first-order valence-corrected chi connectivity index (χ1v) is 6.56. The fraction of sp³-hybridized carbons (Fsp3) is 0.846. The normalized spacial score (nSPS) is 23.1. The highest BCUT2D eigenvalue weighted by Gasteiger charge is 2.35. The van der Waals surface area contributed by atoms with Crippen LogP contribution in [0.5, 0.6) is 0 Å². The van der Waals surface area contributed by atoms with Crippen LogP contribution in [-0.4, -0.2) is 30.6 Å². The van der Waals surface area contributed by atoms with Crippen LogP contribution in [0.1, 0.15) is 52.9 Å². The van der Waals surface area contributed by atoms with Crippen molar-refractivity contribution in [2.75, 3.05) is 6.61 Å². The summed E-state index contributed by atoms with van der Waals surface area (Å²) in [6.07, 6.45) is 5.12. The molecule has 0 aliphatic carbocycles. The summed E-state index contributed by atoms with van der Waals surface area (Å²) < 4.78 is 10.4. The van der Waals surface area contributed by atoms with Gasteiger partial charge in [0.25, 0.3) is 0 Å². The summed E-state index contributed by atoms with van der Waals surface area (Å²) in [5.74, 6) is 0.317. The van der Waals surface area contributed by atoms with Gasteiger partial charge in [-0.05, 0) is 13.3 Å². The van der Waals surface area contributed by atoms with Crippen molar-refractivity contribution in [3.05, 3.63) is 0 Å². The molecule has 0 saturated carbocycles. The molecule has 17 heavy (non-hydrogen) atoms. The zero-order chi connectivity index (χ0) is 12.7. The average Bonchev–Trinajstić information content (AvgIpc) is 2.66. The molecule has 0 N–H and O–H groups in total. The number of aliphatic imine (C=N–C) groups is 1. The second kappa shape index (κ2) is 7.30. The molecule has 0 saturated heterocycles. The largest absolute Gasteiger partial charge is 0.464 e. The van der Waals surface area contributed by atoms with E-state index in [9.17, 15) is 4.79 Å². The second-order valence-electron chi connectivity index (χ2n) is 4.36. The van der Waals surface area contributed by atoms with E-state index >= 15 is 0 Å². The van der Waals surface area contributed by atoms with Gasteiger partial charge in [-0.25, -0.2) is 9.79 Å². The minimum Gasteiger partial charge on any atom is -0.464 e. The predicted molar refractivity (Wildman–Crippen MR) is 67.2 cm³/mol. The number of unbranched alkanes of at least 4 members (excludes halogenated alkanes) is 3. The average molecular weight is 241 g/mol. The van der Waals surface area contributed by atoms with Gasteiger partial charge in [-0.3, -0.25) is 0 Å². The maximum atomic E-state index is 11.7. The Hall–Kier alpha value is -1.06. The molecular weight excluding hydrogens is 218 g/mol. The van der Waals surface area contributed by atoms with E-state index in [-0.39, 0.29) is 12.0 Å². The molecule has 4 heteroatoms. The molecule has 1 heterocycles. The summed E-state index contributed by atoms with van der Waals surface area (Å²) in [7, 11) is 0. The summed E-state index contributed by atoms with van der Waals surface area (Å²) in [5, 5.41) is 0. The first-order chi connectivity index (χ1) is 8.19. The summed E-state index contributed by atoms with van der Waals surface area (Å²) in [6.45, 7) is 6.16. The lowest BCUT2D eigenvalue weighted by molar-refractivity contribution is -0.152. The Morgan fingerprint density at radius 3 is 2.76 bits per heavy atom. The van der Waals surface area contributed by atoms with Gasteiger partial charge >= 0.3 is 5.97 Å². The van der Waals surface area contributed by atoms with Crippen LogP contribution in [0.2, 0.25) is 0 Å². The highest BCUT2D eigenvalue weighted by Crippen LogP contribution is 2.20. The van der Waals surface area contributed by atoms with Crippen molar-refractivity contribution in [1.29, 1.82) is 0 Å². The third-order valence-corrected chi connectivity index (χ3v) is 2.87. The van der Waals surface area contributed by atoms with E-state index in [2.05, 4.69) is 11.9 Å². The zero-order valence-corrected chi connectivity index (χ0v) is 11.1. The van der Waals surface area contributed by atoms with Crippen LogP contribution in [0.15, 0.2) is 4.99 Å². The Labute approximate surface area is 103 Å². The number of carbonyl (C=O) groups is 1. The van der Waals surface area contributed by atoms with Gasteiger partial charge in [-0.2, -0.15) is 0 Å². The quantitative estimate of drug-likeness (QED) is 0.508. The predicted octanol–water partition coefficient (Wildman–Crippen LogP) is 2.71. The van der Waals surface area contributed by atoms with E-state index in [0.29, 0.717) is 12.5 Å². The molecule has 0 bridgehead atoms. The molecule has 0 aromatic heterocycles. The Bertz CT molecular complexity index is 276. The molecule has 1 aliphatic heterocycles. The van der Waals surface area contributed by atoms with Crippen molar-refractivity contribution in [2.45, 2.75) is 65.0 Å². The topological polar surface area (TPSA) is 47.9 Å². The van der Waals surface area contributed by atoms with Gasteiger partial charge in [0.1, 0.15) is 6.04 Å². The Kier molecular flexibility index (Phi) is 6.01. The van der Waals surface area contributed by atoms with Crippen LogP contribution >= 0.6 is 0 Å². The monoisotopic (exact) mass is 241 g/mol. The van der Waals surface area contributed by atoms with E-state index < -0.39 is 6.10 Å². The first-order valence-electron chi connectivity index (χ1n) is 6.56. The SMILES string of the molecule is CCCCCC[C@@H]1N=C(C)O[C@H]1C(=O)OCC. The minimum atomic E-state index is -0.517. The summed E-state index contributed by atoms with van der Waals surface area (Å²) >= 11 is 0. The molecule has 0 radical (unpaired) electrons. The van der Waals surface area contributed by atoms with E-state index in [0.717, 1.165) is 12.8 Å². The molecule has 0 spiro atoms. The second-order valence-corrected chi connectivity index (χ2v) is 4.36. The van der Waals surface area contributed by atoms with Crippen LogP contribution in [-0.2, 0) is 14.3 Å². The number of ether oxygens (including phenoxy) is 2. The standard InChI is InChI=1S/C13H23NO3/c1-4-6-7-8-9-11-12(13(15)16-5-2)17-10(3)14-11/h11-12H,4-9H2,1-3H3/t11-,12+/m0/s1. The van der Waals surface area contributed by atoms with Gasteiger partial charge in [0.05, 0.1) is 6.61 Å². The lowest BCUT2D eigenvalue weighted by Crippen LogP contribution is -2.33.